The molecule has 0 aliphatic carbocycles. The molecule has 0 saturated carbocycles. The van der Waals surface area contributed by atoms with E-state index in [9.17, 15) is 4.79 Å². The van der Waals surface area contributed by atoms with Crippen molar-refractivity contribution in [2.75, 3.05) is 0 Å². The zero-order valence-corrected chi connectivity index (χ0v) is 22.8. The summed E-state index contributed by atoms with van der Waals surface area (Å²) in [6.45, 7) is 11.1. The van der Waals surface area contributed by atoms with Crippen molar-refractivity contribution in [3.63, 3.8) is 0 Å². The Morgan fingerprint density at radius 2 is 1.35 bits per heavy atom. The van der Waals surface area contributed by atoms with Crippen molar-refractivity contribution in [3.05, 3.63) is 30.1 Å². The average molecular weight is 470 g/mol. The first kappa shape index (κ1) is 28.4. The van der Waals surface area contributed by atoms with E-state index in [1.807, 2.05) is 33.8 Å². The van der Waals surface area contributed by atoms with Gasteiger partial charge in [-0.15, -0.1) is 0 Å². The Bertz CT molecular complexity index is 833. The lowest BCUT2D eigenvalue weighted by Gasteiger charge is -2.22. The van der Waals surface area contributed by atoms with Gasteiger partial charge in [0.1, 0.15) is 5.82 Å². The van der Waals surface area contributed by atoms with Gasteiger partial charge in [0, 0.05) is 12.0 Å². The molecule has 192 valence electrons. The van der Waals surface area contributed by atoms with E-state index in [2.05, 4.69) is 35.0 Å². The molecule has 1 N–H and O–H groups in total. The summed E-state index contributed by atoms with van der Waals surface area (Å²) in [6, 6.07) is 8.22. The van der Waals surface area contributed by atoms with Crippen LogP contribution in [0.3, 0.4) is 0 Å². The summed E-state index contributed by atoms with van der Waals surface area (Å²) in [4.78, 5) is 17.4. The molecule has 1 heterocycles. The topological polar surface area (TPSA) is 46.9 Å². The SMILES string of the molecule is CCCCCCCCCCCCCCCCn1c(C(C)NC(=O)C(C)(C)C)nc2ccccc21. The van der Waals surface area contributed by atoms with Gasteiger partial charge in [-0.2, -0.15) is 0 Å². The molecule has 1 aromatic heterocycles. The van der Waals surface area contributed by atoms with Crippen molar-refractivity contribution in [3.8, 4) is 0 Å². The molecule has 0 fully saturated rings. The molecule has 1 atom stereocenters. The van der Waals surface area contributed by atoms with Crippen molar-refractivity contribution in [2.24, 2.45) is 5.41 Å². The Kier molecular flexibility index (Phi) is 12.7. The molecule has 2 aromatic rings. The van der Waals surface area contributed by atoms with Crippen LogP contribution in [0.5, 0.6) is 0 Å². The second kappa shape index (κ2) is 15.2. The minimum Gasteiger partial charge on any atom is -0.346 e. The third-order valence-electron chi connectivity index (χ3n) is 6.84. The number of carbonyl (C=O) groups is 1. The van der Waals surface area contributed by atoms with Gasteiger partial charge in [-0.25, -0.2) is 4.98 Å². The van der Waals surface area contributed by atoms with Crippen LogP contribution in [0, 0.1) is 5.41 Å². The summed E-state index contributed by atoms with van der Waals surface area (Å²) in [5.74, 6) is 1.03. The molecular formula is C30H51N3O. The summed E-state index contributed by atoms with van der Waals surface area (Å²) in [5, 5.41) is 3.17. The first-order chi connectivity index (χ1) is 16.3. The van der Waals surface area contributed by atoms with Gasteiger partial charge >= 0.3 is 0 Å². The van der Waals surface area contributed by atoms with Crippen molar-refractivity contribution in [1.29, 1.82) is 0 Å². The number of fused-ring (bicyclic) bond motifs is 1. The molecule has 0 aliphatic heterocycles. The highest BCUT2D eigenvalue weighted by molar-refractivity contribution is 5.82. The maximum Gasteiger partial charge on any atom is 0.225 e. The fourth-order valence-electron chi connectivity index (χ4n) is 4.60. The third kappa shape index (κ3) is 9.80. The van der Waals surface area contributed by atoms with Crippen LogP contribution in [-0.2, 0) is 11.3 Å². The standard InChI is InChI=1S/C30H51N3O/c1-6-7-8-9-10-11-12-13-14-15-16-17-18-21-24-33-27-23-20-19-22-26(27)32-28(33)25(2)31-29(34)30(3,4)5/h19-20,22-23,25H,6-18,21,24H2,1-5H3,(H,31,34). The molecule has 0 spiro atoms. The number of carbonyl (C=O) groups excluding carboxylic acids is 1. The molecule has 4 heteroatoms. The normalized spacial score (nSPS) is 12.9. The minimum atomic E-state index is -0.403. The Morgan fingerprint density at radius 3 is 1.88 bits per heavy atom. The Labute approximate surface area is 209 Å². The summed E-state index contributed by atoms with van der Waals surface area (Å²) >= 11 is 0. The van der Waals surface area contributed by atoms with Crippen LogP contribution in [-0.4, -0.2) is 15.5 Å². The maximum atomic E-state index is 12.5. The van der Waals surface area contributed by atoms with Gasteiger partial charge in [0.05, 0.1) is 17.1 Å². The minimum absolute atomic E-state index is 0.0649. The van der Waals surface area contributed by atoms with Crippen LogP contribution in [0.2, 0.25) is 0 Å². The first-order valence-corrected chi connectivity index (χ1v) is 14.1. The smallest absolute Gasteiger partial charge is 0.225 e. The highest BCUT2D eigenvalue weighted by atomic mass is 16.2. The van der Waals surface area contributed by atoms with Gasteiger partial charge in [0.25, 0.3) is 0 Å². The molecule has 1 amide bonds. The number of imidazole rings is 1. The maximum absolute atomic E-state index is 12.5. The van der Waals surface area contributed by atoms with E-state index < -0.39 is 5.41 Å². The van der Waals surface area contributed by atoms with Crippen LogP contribution < -0.4 is 5.32 Å². The second-order valence-electron chi connectivity index (χ2n) is 11.2. The zero-order valence-electron chi connectivity index (χ0n) is 22.8. The largest absolute Gasteiger partial charge is 0.346 e. The number of nitrogens with zero attached hydrogens (tertiary/aromatic N) is 2. The number of amides is 1. The van der Waals surface area contributed by atoms with Crippen LogP contribution in [0.4, 0.5) is 0 Å². The predicted octanol–water partition coefficient (Wildman–Crippen LogP) is 8.74. The zero-order chi connectivity index (χ0) is 24.8. The van der Waals surface area contributed by atoms with E-state index in [0.717, 1.165) is 24.3 Å². The number of aryl methyl sites for hydroxylation is 1. The van der Waals surface area contributed by atoms with Crippen molar-refractivity contribution in [2.45, 2.75) is 137 Å². The lowest BCUT2D eigenvalue weighted by atomic mass is 9.95. The monoisotopic (exact) mass is 469 g/mol. The van der Waals surface area contributed by atoms with E-state index in [0.29, 0.717) is 0 Å². The van der Waals surface area contributed by atoms with E-state index in [4.69, 9.17) is 4.98 Å². The number of nitrogens with one attached hydrogen (secondary N) is 1. The summed E-state index contributed by atoms with van der Waals surface area (Å²) in [7, 11) is 0. The molecule has 0 aliphatic rings. The van der Waals surface area contributed by atoms with Gasteiger partial charge in [-0.1, -0.05) is 123 Å². The van der Waals surface area contributed by atoms with Crippen LogP contribution in [0.15, 0.2) is 24.3 Å². The molecule has 0 bridgehead atoms. The van der Waals surface area contributed by atoms with Crippen LogP contribution >= 0.6 is 0 Å². The molecule has 0 radical (unpaired) electrons. The predicted molar refractivity (Wildman–Crippen MR) is 146 cm³/mol. The van der Waals surface area contributed by atoms with Gasteiger partial charge in [0.2, 0.25) is 5.91 Å². The lowest BCUT2D eigenvalue weighted by Crippen LogP contribution is -2.37. The van der Waals surface area contributed by atoms with Crippen molar-refractivity contribution < 1.29 is 4.79 Å². The molecular weight excluding hydrogens is 418 g/mol. The molecule has 34 heavy (non-hydrogen) atoms. The summed E-state index contributed by atoms with van der Waals surface area (Å²) < 4.78 is 2.32. The quantitative estimate of drug-likeness (QED) is 0.235. The van der Waals surface area contributed by atoms with E-state index in [-0.39, 0.29) is 11.9 Å². The number of unbranched alkanes of at least 4 members (excludes halogenated alkanes) is 13. The van der Waals surface area contributed by atoms with Crippen LogP contribution in [0.25, 0.3) is 11.0 Å². The molecule has 0 saturated heterocycles. The highest BCUT2D eigenvalue weighted by Crippen LogP contribution is 2.23. The third-order valence-corrected chi connectivity index (χ3v) is 6.84. The van der Waals surface area contributed by atoms with Crippen LogP contribution in [0.1, 0.15) is 136 Å². The van der Waals surface area contributed by atoms with E-state index in [1.165, 1.54) is 89.0 Å². The Balaban J connectivity index is 1.71. The van der Waals surface area contributed by atoms with E-state index >= 15 is 0 Å². The van der Waals surface area contributed by atoms with E-state index in [1.54, 1.807) is 0 Å². The summed E-state index contributed by atoms with van der Waals surface area (Å²) in [6.07, 6.45) is 19.2. The van der Waals surface area contributed by atoms with Gasteiger partial charge in [0.15, 0.2) is 0 Å². The number of rotatable bonds is 17. The number of aromatic nitrogens is 2. The Morgan fingerprint density at radius 1 is 0.853 bits per heavy atom. The first-order valence-electron chi connectivity index (χ1n) is 14.1. The number of para-hydroxylation sites is 2. The second-order valence-corrected chi connectivity index (χ2v) is 11.2. The van der Waals surface area contributed by atoms with Gasteiger partial charge in [-0.3, -0.25) is 4.79 Å². The van der Waals surface area contributed by atoms with Gasteiger partial charge < -0.3 is 9.88 Å². The number of hydrogen-bond donors (Lipinski definition) is 1. The fourth-order valence-corrected chi connectivity index (χ4v) is 4.60. The number of hydrogen-bond acceptors (Lipinski definition) is 2. The molecule has 1 unspecified atom stereocenters. The van der Waals surface area contributed by atoms with Crippen molar-refractivity contribution >= 4 is 16.9 Å². The lowest BCUT2D eigenvalue weighted by molar-refractivity contribution is -0.129. The van der Waals surface area contributed by atoms with Crippen molar-refractivity contribution in [1.82, 2.24) is 14.9 Å². The highest BCUT2D eigenvalue weighted by Gasteiger charge is 2.25. The summed E-state index contributed by atoms with van der Waals surface area (Å²) in [5.41, 5.74) is 1.78. The molecule has 2 rings (SSSR count). The fraction of sp³-hybridized carbons (Fsp3) is 0.733. The number of benzene rings is 1. The molecule has 1 aromatic carbocycles. The molecule has 4 nitrogen and oxygen atoms in total. The Hall–Kier alpha value is -1.84. The average Bonchev–Trinajstić information content (AvgIpc) is 3.17. The van der Waals surface area contributed by atoms with Gasteiger partial charge in [-0.05, 0) is 25.5 Å².